The van der Waals surface area contributed by atoms with Crippen molar-refractivity contribution in [1.29, 1.82) is 0 Å². The topological polar surface area (TPSA) is 94.1 Å². The zero-order valence-electron chi connectivity index (χ0n) is 10.8. The van der Waals surface area contributed by atoms with Gasteiger partial charge >= 0.3 is 6.01 Å². The molecule has 2 heterocycles. The lowest BCUT2D eigenvalue weighted by molar-refractivity contribution is 0.0985. The highest BCUT2D eigenvalue weighted by molar-refractivity contribution is 9.10. The quantitative estimate of drug-likeness (QED) is 0.781. The second-order valence-corrected chi connectivity index (χ2v) is 5.13. The number of amides is 1. The minimum Gasteiger partial charge on any atom is -0.403 e. The van der Waals surface area contributed by atoms with Crippen LogP contribution in [0, 0.1) is 6.92 Å². The Morgan fingerprint density at radius 1 is 1.29 bits per heavy atom. The number of benzene rings is 1. The number of hydrogen-bond donors (Lipinski definition) is 1. The molecule has 0 saturated carbocycles. The molecule has 2 aromatic heterocycles. The minimum atomic E-state index is -0.500. The number of carbonyl (C=O) groups excluding carboxylic acids is 1. The molecule has 0 aliphatic rings. The van der Waals surface area contributed by atoms with Gasteiger partial charge in [0.05, 0.1) is 5.69 Å². The Hall–Kier alpha value is -2.48. The maximum absolute atomic E-state index is 11.8. The summed E-state index contributed by atoms with van der Waals surface area (Å²) in [7, 11) is 0. The highest BCUT2D eigenvalue weighted by Gasteiger charge is 2.16. The van der Waals surface area contributed by atoms with Crippen molar-refractivity contribution in [2.75, 3.05) is 5.32 Å². The van der Waals surface area contributed by atoms with E-state index in [1.807, 2.05) is 24.3 Å². The Balaban J connectivity index is 1.78. The van der Waals surface area contributed by atoms with Crippen molar-refractivity contribution in [2.24, 2.45) is 0 Å². The van der Waals surface area contributed by atoms with Gasteiger partial charge in [-0.05, 0) is 25.1 Å². The molecule has 21 heavy (non-hydrogen) atoms. The van der Waals surface area contributed by atoms with Gasteiger partial charge in [0, 0.05) is 16.1 Å². The molecule has 0 spiro atoms. The fourth-order valence-corrected chi connectivity index (χ4v) is 2.04. The van der Waals surface area contributed by atoms with Crippen molar-refractivity contribution >= 4 is 27.9 Å². The standard InChI is InChI=1S/C13H9BrN4O3/c1-7-5-10(21-18-7)11(19)15-13-17-16-12(20-13)8-3-2-4-9(14)6-8/h2-6H,1H3,(H,15,17,19). The smallest absolute Gasteiger partial charge is 0.322 e. The van der Waals surface area contributed by atoms with E-state index in [9.17, 15) is 4.79 Å². The number of nitrogens with one attached hydrogen (secondary N) is 1. The predicted molar refractivity (Wildman–Crippen MR) is 76.6 cm³/mol. The average molecular weight is 349 g/mol. The summed E-state index contributed by atoms with van der Waals surface area (Å²) in [5, 5.41) is 13.7. The molecular formula is C13H9BrN4O3. The molecule has 0 aliphatic carbocycles. The van der Waals surface area contributed by atoms with E-state index >= 15 is 0 Å². The van der Waals surface area contributed by atoms with Gasteiger partial charge in [-0.2, -0.15) is 0 Å². The fraction of sp³-hybridized carbons (Fsp3) is 0.0769. The first-order valence-electron chi connectivity index (χ1n) is 5.96. The number of aromatic nitrogens is 3. The zero-order chi connectivity index (χ0) is 14.8. The first-order chi connectivity index (χ1) is 10.1. The zero-order valence-corrected chi connectivity index (χ0v) is 12.4. The number of carbonyl (C=O) groups is 1. The van der Waals surface area contributed by atoms with Gasteiger partial charge in [-0.3, -0.25) is 10.1 Å². The minimum absolute atomic E-state index is 0.0102. The summed E-state index contributed by atoms with van der Waals surface area (Å²) >= 11 is 3.36. The van der Waals surface area contributed by atoms with Crippen LogP contribution in [0.2, 0.25) is 0 Å². The molecule has 0 saturated heterocycles. The Morgan fingerprint density at radius 3 is 2.86 bits per heavy atom. The molecule has 106 valence electrons. The molecule has 0 bridgehead atoms. The first kappa shape index (κ1) is 13.5. The molecule has 7 nitrogen and oxygen atoms in total. The van der Waals surface area contributed by atoms with Crippen molar-refractivity contribution in [2.45, 2.75) is 6.92 Å². The van der Waals surface area contributed by atoms with E-state index in [4.69, 9.17) is 8.94 Å². The second-order valence-electron chi connectivity index (χ2n) is 4.21. The largest absolute Gasteiger partial charge is 0.403 e. The van der Waals surface area contributed by atoms with Gasteiger partial charge in [0.25, 0.3) is 5.91 Å². The van der Waals surface area contributed by atoms with Gasteiger partial charge in [0.1, 0.15) is 0 Å². The number of aryl methyl sites for hydroxylation is 1. The van der Waals surface area contributed by atoms with Crippen LogP contribution in [0.1, 0.15) is 16.2 Å². The third-order valence-electron chi connectivity index (χ3n) is 2.57. The summed E-state index contributed by atoms with van der Waals surface area (Å²) in [5.74, 6) is -0.116. The third kappa shape index (κ3) is 3.00. The first-order valence-corrected chi connectivity index (χ1v) is 6.75. The molecule has 3 aromatic rings. The van der Waals surface area contributed by atoms with Crippen LogP contribution in [0.4, 0.5) is 6.01 Å². The molecular weight excluding hydrogens is 340 g/mol. The van der Waals surface area contributed by atoms with E-state index in [-0.39, 0.29) is 11.8 Å². The van der Waals surface area contributed by atoms with Gasteiger partial charge in [0.15, 0.2) is 0 Å². The van der Waals surface area contributed by atoms with Gasteiger partial charge in [-0.1, -0.05) is 32.3 Å². The van der Waals surface area contributed by atoms with Crippen LogP contribution in [-0.4, -0.2) is 21.3 Å². The highest BCUT2D eigenvalue weighted by Crippen LogP contribution is 2.23. The Bertz CT molecular complexity index is 796. The van der Waals surface area contributed by atoms with E-state index in [1.54, 1.807) is 6.92 Å². The average Bonchev–Trinajstić information content (AvgIpc) is 3.08. The van der Waals surface area contributed by atoms with Gasteiger partial charge in [0.2, 0.25) is 11.7 Å². The Kier molecular flexibility index (Phi) is 3.53. The van der Waals surface area contributed by atoms with Crippen molar-refractivity contribution in [3.8, 4) is 11.5 Å². The molecule has 1 aromatic carbocycles. The van der Waals surface area contributed by atoms with Crippen LogP contribution in [0.25, 0.3) is 11.5 Å². The SMILES string of the molecule is Cc1cc(C(=O)Nc2nnc(-c3cccc(Br)c3)o2)on1. The highest BCUT2D eigenvalue weighted by atomic mass is 79.9. The molecule has 0 radical (unpaired) electrons. The molecule has 0 atom stereocenters. The number of halogens is 1. The maximum Gasteiger partial charge on any atom is 0.322 e. The van der Waals surface area contributed by atoms with E-state index < -0.39 is 5.91 Å². The van der Waals surface area contributed by atoms with Crippen molar-refractivity contribution in [1.82, 2.24) is 15.4 Å². The lowest BCUT2D eigenvalue weighted by Gasteiger charge is -1.96. The van der Waals surface area contributed by atoms with Crippen molar-refractivity contribution in [3.05, 3.63) is 46.3 Å². The number of anilines is 1. The van der Waals surface area contributed by atoms with Gasteiger partial charge in [-0.15, -0.1) is 5.10 Å². The maximum atomic E-state index is 11.8. The number of hydrogen-bond acceptors (Lipinski definition) is 6. The molecule has 1 N–H and O–H groups in total. The predicted octanol–water partition coefficient (Wildman–Crippen LogP) is 3.05. The van der Waals surface area contributed by atoms with Crippen molar-refractivity contribution < 1.29 is 13.7 Å². The van der Waals surface area contributed by atoms with Crippen LogP contribution < -0.4 is 5.32 Å². The molecule has 0 unspecified atom stereocenters. The summed E-state index contributed by atoms with van der Waals surface area (Å²) < 4.78 is 11.1. The van der Waals surface area contributed by atoms with Crippen LogP contribution in [-0.2, 0) is 0 Å². The Morgan fingerprint density at radius 2 is 2.14 bits per heavy atom. The summed E-state index contributed by atoms with van der Waals surface area (Å²) in [6.45, 7) is 1.72. The third-order valence-corrected chi connectivity index (χ3v) is 3.06. The van der Waals surface area contributed by atoms with Crippen LogP contribution in [0.15, 0.2) is 43.7 Å². The molecule has 8 heteroatoms. The van der Waals surface area contributed by atoms with Crippen LogP contribution in [0.3, 0.4) is 0 Å². The molecule has 0 aliphatic heterocycles. The lowest BCUT2D eigenvalue weighted by Crippen LogP contribution is -2.11. The van der Waals surface area contributed by atoms with E-state index in [1.165, 1.54) is 6.07 Å². The Labute approximate surface area is 127 Å². The lowest BCUT2D eigenvalue weighted by atomic mass is 10.2. The summed E-state index contributed by atoms with van der Waals surface area (Å²) in [4.78, 5) is 11.8. The molecule has 1 amide bonds. The van der Waals surface area contributed by atoms with E-state index in [0.717, 1.165) is 10.0 Å². The normalized spacial score (nSPS) is 10.6. The second kappa shape index (κ2) is 5.49. The van der Waals surface area contributed by atoms with Crippen molar-refractivity contribution in [3.63, 3.8) is 0 Å². The van der Waals surface area contributed by atoms with Crippen LogP contribution >= 0.6 is 15.9 Å². The molecule has 0 fully saturated rings. The molecule has 3 rings (SSSR count). The van der Waals surface area contributed by atoms with Gasteiger partial charge < -0.3 is 8.94 Å². The fourth-order valence-electron chi connectivity index (χ4n) is 1.64. The summed E-state index contributed by atoms with van der Waals surface area (Å²) in [6.07, 6.45) is 0. The summed E-state index contributed by atoms with van der Waals surface area (Å²) in [6, 6.07) is 8.89. The number of nitrogens with zero attached hydrogens (tertiary/aromatic N) is 3. The monoisotopic (exact) mass is 348 g/mol. The summed E-state index contributed by atoms with van der Waals surface area (Å²) in [5.41, 5.74) is 1.35. The van der Waals surface area contributed by atoms with Crippen LogP contribution in [0.5, 0.6) is 0 Å². The van der Waals surface area contributed by atoms with E-state index in [2.05, 4.69) is 36.6 Å². The number of rotatable bonds is 3. The van der Waals surface area contributed by atoms with Gasteiger partial charge in [-0.25, -0.2) is 0 Å². The van der Waals surface area contributed by atoms with E-state index in [0.29, 0.717) is 11.6 Å².